The first-order valence-electron chi connectivity index (χ1n) is 7.88. The number of carbonyl (C=O) groups excluding carboxylic acids is 1. The van der Waals surface area contributed by atoms with Gasteiger partial charge in [0.25, 0.3) is 5.69 Å². The van der Waals surface area contributed by atoms with Crippen LogP contribution >= 0.6 is 0 Å². The zero-order chi connectivity index (χ0) is 15.5. The van der Waals surface area contributed by atoms with Crippen LogP contribution in [-0.2, 0) is 11.2 Å². The summed E-state index contributed by atoms with van der Waals surface area (Å²) in [5.41, 5.74) is 0.923. The van der Waals surface area contributed by atoms with E-state index in [0.29, 0.717) is 12.8 Å². The first-order valence-corrected chi connectivity index (χ1v) is 7.88. The van der Waals surface area contributed by atoms with Gasteiger partial charge in [-0.2, -0.15) is 0 Å². The maximum absolute atomic E-state index is 11.8. The SMILES string of the molecule is CCCCCCCCCC(=O)Cc1ccc([N+](=O)[O-])cc1. The van der Waals surface area contributed by atoms with Crippen molar-refractivity contribution in [3.63, 3.8) is 0 Å². The van der Waals surface area contributed by atoms with E-state index in [2.05, 4.69) is 6.92 Å². The van der Waals surface area contributed by atoms with Crippen molar-refractivity contribution in [1.82, 2.24) is 0 Å². The molecule has 0 aliphatic carbocycles. The van der Waals surface area contributed by atoms with Crippen molar-refractivity contribution in [1.29, 1.82) is 0 Å². The lowest BCUT2D eigenvalue weighted by Crippen LogP contribution is -2.02. The number of nitro groups is 1. The smallest absolute Gasteiger partial charge is 0.269 e. The average molecular weight is 291 g/mol. The van der Waals surface area contributed by atoms with Crippen LogP contribution in [0.25, 0.3) is 0 Å². The molecule has 4 heteroatoms. The van der Waals surface area contributed by atoms with E-state index in [9.17, 15) is 14.9 Å². The minimum absolute atomic E-state index is 0.0679. The van der Waals surface area contributed by atoms with Gasteiger partial charge in [-0.1, -0.05) is 57.6 Å². The Kier molecular flexibility index (Phi) is 8.32. The van der Waals surface area contributed by atoms with Crippen LogP contribution in [0.5, 0.6) is 0 Å². The summed E-state index contributed by atoms with van der Waals surface area (Å²) in [6.07, 6.45) is 9.42. The van der Waals surface area contributed by atoms with Gasteiger partial charge in [0.1, 0.15) is 5.78 Å². The fourth-order valence-electron chi connectivity index (χ4n) is 2.33. The van der Waals surface area contributed by atoms with Crippen LogP contribution in [0.2, 0.25) is 0 Å². The van der Waals surface area contributed by atoms with Crippen molar-refractivity contribution in [2.75, 3.05) is 0 Å². The molecule has 0 unspecified atom stereocenters. The predicted octanol–water partition coefficient (Wildman–Crippen LogP) is 4.85. The number of nitro benzene ring substituents is 1. The normalized spacial score (nSPS) is 10.5. The molecule has 1 aromatic carbocycles. The first kappa shape index (κ1) is 17.3. The van der Waals surface area contributed by atoms with Crippen molar-refractivity contribution < 1.29 is 9.72 Å². The number of Topliss-reactive ketones (excluding diaryl/α,β-unsaturated/α-hetero) is 1. The summed E-state index contributed by atoms with van der Waals surface area (Å²) in [5.74, 6) is 0.220. The summed E-state index contributed by atoms with van der Waals surface area (Å²) in [6.45, 7) is 2.21. The van der Waals surface area contributed by atoms with Gasteiger partial charge < -0.3 is 0 Å². The molecular weight excluding hydrogens is 266 g/mol. The van der Waals surface area contributed by atoms with Crippen LogP contribution in [0.4, 0.5) is 5.69 Å². The van der Waals surface area contributed by atoms with E-state index in [-0.39, 0.29) is 11.5 Å². The van der Waals surface area contributed by atoms with Gasteiger partial charge in [-0.25, -0.2) is 0 Å². The second-order valence-corrected chi connectivity index (χ2v) is 5.51. The number of non-ortho nitro benzene ring substituents is 1. The lowest BCUT2D eigenvalue weighted by Gasteiger charge is -2.02. The van der Waals surface area contributed by atoms with Gasteiger partial charge in [-0.15, -0.1) is 0 Å². The molecule has 0 heterocycles. The summed E-state index contributed by atoms with van der Waals surface area (Å²) in [5, 5.41) is 10.5. The molecule has 0 saturated heterocycles. The molecule has 116 valence electrons. The number of benzene rings is 1. The Bertz CT molecular complexity index is 440. The van der Waals surface area contributed by atoms with Gasteiger partial charge in [-0.3, -0.25) is 14.9 Å². The highest BCUT2D eigenvalue weighted by atomic mass is 16.6. The Hall–Kier alpha value is -1.71. The maximum Gasteiger partial charge on any atom is 0.269 e. The highest BCUT2D eigenvalue weighted by Crippen LogP contribution is 2.14. The molecule has 0 amide bonds. The number of ketones is 1. The minimum Gasteiger partial charge on any atom is -0.299 e. The van der Waals surface area contributed by atoms with Gasteiger partial charge in [0.15, 0.2) is 0 Å². The number of nitrogens with zero attached hydrogens (tertiary/aromatic N) is 1. The fraction of sp³-hybridized carbons (Fsp3) is 0.588. The molecule has 0 spiro atoms. The largest absolute Gasteiger partial charge is 0.299 e. The second-order valence-electron chi connectivity index (χ2n) is 5.51. The second kappa shape index (κ2) is 10.1. The number of carbonyl (C=O) groups is 1. The van der Waals surface area contributed by atoms with Gasteiger partial charge in [0.2, 0.25) is 0 Å². The van der Waals surface area contributed by atoms with Crippen LogP contribution < -0.4 is 0 Å². The number of unbranched alkanes of at least 4 members (excludes halogenated alkanes) is 6. The zero-order valence-electron chi connectivity index (χ0n) is 12.8. The first-order chi connectivity index (χ1) is 10.1. The van der Waals surface area contributed by atoms with Crippen LogP contribution in [0.15, 0.2) is 24.3 Å². The van der Waals surface area contributed by atoms with Crippen LogP contribution in [0.3, 0.4) is 0 Å². The van der Waals surface area contributed by atoms with Crippen molar-refractivity contribution in [2.45, 2.75) is 64.7 Å². The van der Waals surface area contributed by atoms with Gasteiger partial charge in [-0.05, 0) is 12.0 Å². The molecule has 0 N–H and O–H groups in total. The molecule has 0 aliphatic rings. The Morgan fingerprint density at radius 2 is 1.57 bits per heavy atom. The van der Waals surface area contributed by atoms with Gasteiger partial charge in [0, 0.05) is 25.0 Å². The lowest BCUT2D eigenvalue weighted by molar-refractivity contribution is -0.384. The zero-order valence-corrected chi connectivity index (χ0v) is 12.8. The molecule has 0 aromatic heterocycles. The number of hydrogen-bond acceptors (Lipinski definition) is 3. The van der Waals surface area contributed by atoms with E-state index in [1.807, 2.05) is 0 Å². The number of hydrogen-bond donors (Lipinski definition) is 0. The van der Waals surface area contributed by atoms with Crippen molar-refractivity contribution in [3.05, 3.63) is 39.9 Å². The summed E-state index contributed by atoms with van der Waals surface area (Å²) in [4.78, 5) is 21.9. The fourth-order valence-corrected chi connectivity index (χ4v) is 2.33. The van der Waals surface area contributed by atoms with Crippen LogP contribution in [0, 0.1) is 10.1 Å². The van der Waals surface area contributed by atoms with E-state index in [0.717, 1.165) is 18.4 Å². The monoisotopic (exact) mass is 291 g/mol. The topological polar surface area (TPSA) is 60.2 Å². The molecular formula is C17H25NO3. The van der Waals surface area contributed by atoms with Gasteiger partial charge >= 0.3 is 0 Å². The lowest BCUT2D eigenvalue weighted by atomic mass is 10.0. The molecule has 1 rings (SSSR count). The van der Waals surface area contributed by atoms with Crippen LogP contribution in [0.1, 0.15) is 63.9 Å². The highest BCUT2D eigenvalue weighted by molar-refractivity contribution is 5.80. The van der Waals surface area contributed by atoms with E-state index < -0.39 is 4.92 Å². The molecule has 0 atom stereocenters. The Labute approximate surface area is 126 Å². The Morgan fingerprint density at radius 1 is 1.00 bits per heavy atom. The van der Waals surface area contributed by atoms with E-state index >= 15 is 0 Å². The van der Waals surface area contributed by atoms with E-state index in [1.165, 1.54) is 44.2 Å². The van der Waals surface area contributed by atoms with E-state index in [1.54, 1.807) is 12.1 Å². The maximum atomic E-state index is 11.8. The third-order valence-corrected chi connectivity index (χ3v) is 3.61. The predicted molar refractivity (Wildman–Crippen MR) is 84.4 cm³/mol. The average Bonchev–Trinajstić information content (AvgIpc) is 2.47. The Balaban J connectivity index is 2.17. The molecule has 4 nitrogen and oxygen atoms in total. The number of rotatable bonds is 11. The summed E-state index contributed by atoms with van der Waals surface area (Å²) >= 11 is 0. The van der Waals surface area contributed by atoms with Gasteiger partial charge in [0.05, 0.1) is 4.92 Å². The highest BCUT2D eigenvalue weighted by Gasteiger charge is 2.07. The quantitative estimate of drug-likeness (QED) is 0.333. The molecule has 1 aromatic rings. The van der Waals surface area contributed by atoms with Crippen molar-refractivity contribution >= 4 is 11.5 Å². The third kappa shape index (κ3) is 7.59. The summed E-state index contributed by atoms with van der Waals surface area (Å²) in [7, 11) is 0. The van der Waals surface area contributed by atoms with Crippen LogP contribution in [-0.4, -0.2) is 10.7 Å². The molecule has 0 fully saturated rings. The van der Waals surface area contributed by atoms with Crippen molar-refractivity contribution in [3.8, 4) is 0 Å². The Morgan fingerprint density at radius 3 is 2.14 bits per heavy atom. The molecule has 0 radical (unpaired) electrons. The third-order valence-electron chi connectivity index (χ3n) is 3.61. The standard InChI is InChI=1S/C17H25NO3/c1-2-3-4-5-6-7-8-9-17(19)14-15-10-12-16(13-11-15)18(20)21/h10-13H,2-9,14H2,1H3. The summed E-state index contributed by atoms with van der Waals surface area (Å²) < 4.78 is 0. The van der Waals surface area contributed by atoms with Crippen molar-refractivity contribution in [2.24, 2.45) is 0 Å². The molecule has 0 aliphatic heterocycles. The van der Waals surface area contributed by atoms with E-state index in [4.69, 9.17) is 0 Å². The summed E-state index contributed by atoms with van der Waals surface area (Å²) in [6, 6.07) is 6.24. The minimum atomic E-state index is -0.426. The molecule has 21 heavy (non-hydrogen) atoms. The molecule has 0 bridgehead atoms. The molecule has 0 saturated carbocycles.